The van der Waals surface area contributed by atoms with Gasteiger partial charge >= 0.3 is 5.97 Å². The minimum Gasteiger partial charge on any atom is -0.481 e. The molecular formula is C16H29NO3. The van der Waals surface area contributed by atoms with E-state index < -0.39 is 5.97 Å². The first kappa shape index (κ1) is 15.8. The zero-order valence-electron chi connectivity index (χ0n) is 12.7. The van der Waals surface area contributed by atoms with E-state index in [9.17, 15) is 4.79 Å². The average Bonchev–Trinajstić information content (AvgIpc) is 2.65. The van der Waals surface area contributed by atoms with E-state index in [1.165, 1.54) is 44.9 Å². The Morgan fingerprint density at radius 3 is 2.90 bits per heavy atom. The molecule has 1 aliphatic carbocycles. The van der Waals surface area contributed by atoms with Crippen molar-refractivity contribution in [1.82, 2.24) is 4.90 Å². The van der Waals surface area contributed by atoms with E-state index in [0.717, 1.165) is 19.1 Å². The molecule has 4 heteroatoms. The van der Waals surface area contributed by atoms with Crippen molar-refractivity contribution >= 4 is 5.97 Å². The van der Waals surface area contributed by atoms with E-state index in [1.807, 2.05) is 0 Å². The zero-order chi connectivity index (χ0) is 14.4. The fourth-order valence-corrected chi connectivity index (χ4v) is 3.91. The normalized spacial score (nSPS) is 32.8. The summed E-state index contributed by atoms with van der Waals surface area (Å²) in [4.78, 5) is 13.5. The molecule has 1 heterocycles. The third kappa shape index (κ3) is 4.45. The summed E-state index contributed by atoms with van der Waals surface area (Å²) in [6, 6.07) is 0.652. The van der Waals surface area contributed by atoms with Crippen LogP contribution < -0.4 is 0 Å². The Morgan fingerprint density at radius 1 is 1.30 bits per heavy atom. The molecule has 3 unspecified atom stereocenters. The Labute approximate surface area is 122 Å². The number of rotatable bonds is 5. The number of aliphatic carboxylic acids is 1. The van der Waals surface area contributed by atoms with Crippen molar-refractivity contribution in [3.05, 3.63) is 0 Å². The van der Waals surface area contributed by atoms with Gasteiger partial charge in [0.25, 0.3) is 0 Å². The van der Waals surface area contributed by atoms with Crippen molar-refractivity contribution in [2.45, 2.75) is 70.4 Å². The number of carboxylic acids is 1. The van der Waals surface area contributed by atoms with Gasteiger partial charge in [0, 0.05) is 18.6 Å². The molecule has 1 saturated carbocycles. The first-order valence-electron chi connectivity index (χ1n) is 8.26. The highest BCUT2D eigenvalue weighted by atomic mass is 16.5. The molecule has 2 rings (SSSR count). The van der Waals surface area contributed by atoms with Crippen molar-refractivity contribution in [2.75, 3.05) is 19.8 Å². The van der Waals surface area contributed by atoms with Gasteiger partial charge in [-0.05, 0) is 25.2 Å². The summed E-state index contributed by atoms with van der Waals surface area (Å²) in [5, 5.41) is 9.07. The van der Waals surface area contributed by atoms with Gasteiger partial charge in [-0.1, -0.05) is 32.6 Å². The van der Waals surface area contributed by atoms with Crippen LogP contribution in [0, 0.1) is 5.92 Å². The maximum Gasteiger partial charge on any atom is 0.305 e. The van der Waals surface area contributed by atoms with Crippen LogP contribution in [-0.4, -0.2) is 47.8 Å². The van der Waals surface area contributed by atoms with Gasteiger partial charge in [-0.2, -0.15) is 0 Å². The highest BCUT2D eigenvalue weighted by Crippen LogP contribution is 2.30. The number of morpholine rings is 1. The number of carboxylic acid groups (broad SMARTS) is 1. The molecule has 1 aliphatic heterocycles. The Kier molecular flexibility index (Phi) is 6.30. The molecule has 2 fully saturated rings. The predicted molar refractivity (Wildman–Crippen MR) is 78.8 cm³/mol. The predicted octanol–water partition coefficient (Wildman–Crippen LogP) is 2.91. The molecule has 2 aliphatic rings. The Hall–Kier alpha value is -0.610. The fraction of sp³-hybridized carbons (Fsp3) is 0.938. The Morgan fingerprint density at radius 2 is 2.15 bits per heavy atom. The molecule has 116 valence electrons. The number of hydrogen-bond donors (Lipinski definition) is 1. The highest BCUT2D eigenvalue weighted by molar-refractivity contribution is 5.67. The standard InChI is InChI=1S/C16H29NO3/c1-2-4-13-5-3-6-14(8-7-13)17-9-10-20-12-15(17)11-16(18)19/h13-15H,2-12H2,1H3,(H,18,19). The van der Waals surface area contributed by atoms with Crippen LogP contribution >= 0.6 is 0 Å². The second kappa shape index (κ2) is 7.99. The monoisotopic (exact) mass is 283 g/mol. The average molecular weight is 283 g/mol. The van der Waals surface area contributed by atoms with Gasteiger partial charge in [0.1, 0.15) is 0 Å². The molecule has 0 amide bonds. The van der Waals surface area contributed by atoms with E-state index in [-0.39, 0.29) is 12.5 Å². The SMILES string of the molecule is CCCC1CCCC(N2CCOCC2CC(=O)O)CC1. The summed E-state index contributed by atoms with van der Waals surface area (Å²) in [5.74, 6) is 0.187. The molecule has 0 spiro atoms. The molecule has 3 atom stereocenters. The van der Waals surface area contributed by atoms with Gasteiger partial charge in [-0.3, -0.25) is 9.69 Å². The molecule has 1 N–H and O–H groups in total. The van der Waals surface area contributed by atoms with Crippen LogP contribution in [0.2, 0.25) is 0 Å². The molecular weight excluding hydrogens is 254 g/mol. The fourth-order valence-electron chi connectivity index (χ4n) is 3.91. The second-order valence-corrected chi connectivity index (χ2v) is 6.38. The Bertz CT molecular complexity index is 308. The first-order valence-corrected chi connectivity index (χ1v) is 8.26. The molecule has 0 aromatic heterocycles. The van der Waals surface area contributed by atoms with Gasteiger partial charge in [-0.15, -0.1) is 0 Å². The second-order valence-electron chi connectivity index (χ2n) is 6.38. The van der Waals surface area contributed by atoms with Crippen LogP contribution in [0.15, 0.2) is 0 Å². The van der Waals surface area contributed by atoms with Crippen LogP contribution in [-0.2, 0) is 9.53 Å². The van der Waals surface area contributed by atoms with Gasteiger partial charge in [-0.25, -0.2) is 0 Å². The van der Waals surface area contributed by atoms with Gasteiger partial charge in [0.2, 0.25) is 0 Å². The lowest BCUT2D eigenvalue weighted by atomic mass is 9.95. The summed E-state index contributed by atoms with van der Waals surface area (Å²) < 4.78 is 5.49. The molecule has 1 saturated heterocycles. The van der Waals surface area contributed by atoms with Crippen LogP contribution in [0.4, 0.5) is 0 Å². The molecule has 0 aromatic carbocycles. The van der Waals surface area contributed by atoms with Crippen molar-refractivity contribution in [2.24, 2.45) is 5.92 Å². The van der Waals surface area contributed by atoms with Crippen LogP contribution in [0.1, 0.15) is 58.3 Å². The van der Waals surface area contributed by atoms with Crippen molar-refractivity contribution in [3.63, 3.8) is 0 Å². The topological polar surface area (TPSA) is 49.8 Å². The van der Waals surface area contributed by atoms with Gasteiger partial charge in [0.05, 0.1) is 19.6 Å². The van der Waals surface area contributed by atoms with E-state index in [1.54, 1.807) is 0 Å². The van der Waals surface area contributed by atoms with E-state index in [2.05, 4.69) is 11.8 Å². The summed E-state index contributed by atoms with van der Waals surface area (Å²) in [7, 11) is 0. The number of nitrogens with zero attached hydrogens (tertiary/aromatic N) is 1. The van der Waals surface area contributed by atoms with Gasteiger partial charge in [0.15, 0.2) is 0 Å². The number of carbonyl (C=O) groups is 1. The van der Waals surface area contributed by atoms with Gasteiger partial charge < -0.3 is 9.84 Å². The summed E-state index contributed by atoms with van der Waals surface area (Å²) in [6.07, 6.45) is 9.30. The minimum atomic E-state index is -0.706. The van der Waals surface area contributed by atoms with E-state index in [4.69, 9.17) is 9.84 Å². The zero-order valence-corrected chi connectivity index (χ0v) is 12.7. The lowest BCUT2D eigenvalue weighted by Gasteiger charge is -2.40. The van der Waals surface area contributed by atoms with Crippen molar-refractivity contribution in [1.29, 1.82) is 0 Å². The maximum atomic E-state index is 11.0. The largest absolute Gasteiger partial charge is 0.481 e. The highest BCUT2D eigenvalue weighted by Gasteiger charge is 2.32. The van der Waals surface area contributed by atoms with Crippen molar-refractivity contribution in [3.8, 4) is 0 Å². The maximum absolute atomic E-state index is 11.0. The number of hydrogen-bond acceptors (Lipinski definition) is 3. The lowest BCUT2D eigenvalue weighted by molar-refractivity contribution is -0.141. The smallest absolute Gasteiger partial charge is 0.305 e. The molecule has 20 heavy (non-hydrogen) atoms. The molecule has 0 bridgehead atoms. The quantitative estimate of drug-likeness (QED) is 0.788. The summed E-state index contributed by atoms with van der Waals surface area (Å²) >= 11 is 0. The van der Waals surface area contributed by atoms with E-state index >= 15 is 0 Å². The third-order valence-electron chi connectivity index (χ3n) is 4.91. The summed E-state index contributed by atoms with van der Waals surface area (Å²) in [6.45, 7) is 4.51. The lowest BCUT2D eigenvalue weighted by Crippen LogP contribution is -2.51. The van der Waals surface area contributed by atoms with Crippen LogP contribution in [0.25, 0.3) is 0 Å². The van der Waals surface area contributed by atoms with Crippen LogP contribution in [0.5, 0.6) is 0 Å². The van der Waals surface area contributed by atoms with Crippen molar-refractivity contribution < 1.29 is 14.6 Å². The van der Waals surface area contributed by atoms with E-state index in [0.29, 0.717) is 12.6 Å². The summed E-state index contributed by atoms with van der Waals surface area (Å²) in [5.41, 5.74) is 0. The van der Waals surface area contributed by atoms with Crippen LogP contribution in [0.3, 0.4) is 0 Å². The first-order chi connectivity index (χ1) is 9.70. The molecule has 0 aromatic rings. The number of ether oxygens (including phenoxy) is 1. The molecule has 0 radical (unpaired) electrons. The minimum absolute atomic E-state index is 0.0778. The third-order valence-corrected chi connectivity index (χ3v) is 4.91. The molecule has 4 nitrogen and oxygen atoms in total. The Balaban J connectivity index is 1.92.